The Hall–Kier alpha value is -2.70. The molecule has 29 heavy (non-hydrogen) atoms. The van der Waals surface area contributed by atoms with Gasteiger partial charge in [0.1, 0.15) is 23.1 Å². The van der Waals surface area contributed by atoms with E-state index in [0.717, 1.165) is 36.9 Å². The molecule has 0 radical (unpaired) electrons. The lowest BCUT2D eigenvalue weighted by Crippen LogP contribution is -2.20. The van der Waals surface area contributed by atoms with Crippen molar-refractivity contribution in [1.29, 1.82) is 0 Å². The summed E-state index contributed by atoms with van der Waals surface area (Å²) in [5.74, 6) is -1.59. The Morgan fingerprint density at radius 2 is 2.00 bits per heavy atom. The summed E-state index contributed by atoms with van der Waals surface area (Å²) in [5, 5.41) is 16.3. The van der Waals surface area contributed by atoms with Crippen LogP contribution < -0.4 is 10.6 Å². The number of benzene rings is 1. The maximum Gasteiger partial charge on any atom is 0.140 e. The van der Waals surface area contributed by atoms with Crippen molar-refractivity contribution in [3.05, 3.63) is 59.1 Å². The molecular weight excluding hydrogens is 379 g/mol. The summed E-state index contributed by atoms with van der Waals surface area (Å²) < 4.78 is 43.9. The topological polar surface area (TPSA) is 57.2 Å². The van der Waals surface area contributed by atoms with Crippen molar-refractivity contribution in [2.24, 2.45) is 0 Å². The maximum atomic E-state index is 14.8. The molecule has 0 fully saturated rings. The molecule has 156 valence electrons. The molecule has 1 unspecified atom stereocenters. The summed E-state index contributed by atoms with van der Waals surface area (Å²) in [6.45, 7) is 6.39. The molecule has 1 aliphatic heterocycles. The van der Waals surface area contributed by atoms with E-state index in [9.17, 15) is 18.3 Å². The van der Waals surface area contributed by atoms with E-state index in [2.05, 4.69) is 22.5 Å². The lowest BCUT2D eigenvalue weighted by atomic mass is 9.96. The van der Waals surface area contributed by atoms with Crippen molar-refractivity contribution in [2.45, 2.75) is 58.3 Å². The van der Waals surface area contributed by atoms with Crippen molar-refractivity contribution >= 4 is 0 Å². The van der Waals surface area contributed by atoms with Gasteiger partial charge in [-0.3, -0.25) is 4.98 Å². The molecule has 2 heterocycles. The summed E-state index contributed by atoms with van der Waals surface area (Å²) in [6.07, 6.45) is 4.70. The third-order valence-corrected chi connectivity index (χ3v) is 5.21. The minimum atomic E-state index is -1.85. The number of halogens is 3. The van der Waals surface area contributed by atoms with E-state index >= 15 is 0 Å². The van der Waals surface area contributed by atoms with Crippen LogP contribution in [0, 0.1) is 11.6 Å². The largest absolute Gasteiger partial charge is 0.506 e. The average molecular weight is 405 g/mol. The third-order valence-electron chi connectivity index (χ3n) is 5.21. The number of pyridine rings is 1. The fourth-order valence-corrected chi connectivity index (χ4v) is 3.48. The molecule has 4 nitrogen and oxygen atoms in total. The van der Waals surface area contributed by atoms with E-state index in [4.69, 9.17) is 0 Å². The smallest absolute Gasteiger partial charge is 0.140 e. The molecule has 0 amide bonds. The van der Waals surface area contributed by atoms with Crippen molar-refractivity contribution in [1.82, 2.24) is 15.6 Å². The highest BCUT2D eigenvalue weighted by Gasteiger charge is 2.25. The fraction of sp³-hybridized carbons (Fsp3) is 0.409. The summed E-state index contributed by atoms with van der Waals surface area (Å²) in [7, 11) is 0. The molecule has 1 aliphatic rings. The van der Waals surface area contributed by atoms with Crippen LogP contribution in [0.25, 0.3) is 11.3 Å². The third kappa shape index (κ3) is 4.49. The van der Waals surface area contributed by atoms with Gasteiger partial charge in [0.15, 0.2) is 0 Å². The number of nitrogens with one attached hydrogen (secondary N) is 2. The second kappa shape index (κ2) is 7.97. The van der Waals surface area contributed by atoms with Gasteiger partial charge < -0.3 is 15.7 Å². The van der Waals surface area contributed by atoms with Crippen molar-refractivity contribution in [2.75, 3.05) is 0 Å². The number of aromatic nitrogens is 1. The Bertz CT molecular complexity index is 938. The first kappa shape index (κ1) is 21.0. The maximum absolute atomic E-state index is 14.8. The fourth-order valence-electron chi connectivity index (χ4n) is 3.48. The summed E-state index contributed by atoms with van der Waals surface area (Å²) >= 11 is 0. The molecule has 3 rings (SSSR count). The Labute approximate surface area is 168 Å². The van der Waals surface area contributed by atoms with E-state index in [-0.39, 0.29) is 28.1 Å². The SMILES string of the molecule is CC[C@H]1CC(NC(C)c2cc(F)c(-c3cc(C(C)(C)F)c(O)cn3)cc2F)=CN1. The van der Waals surface area contributed by atoms with E-state index in [1.54, 1.807) is 6.92 Å². The van der Waals surface area contributed by atoms with Crippen LogP contribution in [0.5, 0.6) is 5.75 Å². The highest BCUT2D eigenvalue weighted by atomic mass is 19.1. The highest BCUT2D eigenvalue weighted by Crippen LogP contribution is 2.35. The first-order valence-corrected chi connectivity index (χ1v) is 9.69. The van der Waals surface area contributed by atoms with Gasteiger partial charge in [-0.25, -0.2) is 13.2 Å². The van der Waals surface area contributed by atoms with Crippen LogP contribution in [0.1, 0.15) is 57.7 Å². The van der Waals surface area contributed by atoms with Crippen molar-refractivity contribution < 1.29 is 18.3 Å². The van der Waals surface area contributed by atoms with Gasteiger partial charge in [-0.15, -0.1) is 0 Å². The van der Waals surface area contributed by atoms with E-state index in [1.165, 1.54) is 19.9 Å². The van der Waals surface area contributed by atoms with Crippen LogP contribution in [0.15, 0.2) is 36.3 Å². The summed E-state index contributed by atoms with van der Waals surface area (Å²) in [4.78, 5) is 3.94. The Morgan fingerprint density at radius 3 is 2.62 bits per heavy atom. The monoisotopic (exact) mass is 405 g/mol. The minimum absolute atomic E-state index is 0.0347. The van der Waals surface area contributed by atoms with Crippen LogP contribution in [-0.2, 0) is 5.67 Å². The highest BCUT2D eigenvalue weighted by molar-refractivity contribution is 5.63. The molecule has 0 spiro atoms. The van der Waals surface area contributed by atoms with E-state index < -0.39 is 23.3 Å². The molecule has 1 aromatic heterocycles. The molecular formula is C22H26F3N3O. The Kier molecular flexibility index (Phi) is 5.78. The molecule has 2 aromatic rings. The van der Waals surface area contributed by atoms with Gasteiger partial charge in [0, 0.05) is 41.1 Å². The van der Waals surface area contributed by atoms with Gasteiger partial charge in [-0.2, -0.15) is 0 Å². The van der Waals surface area contributed by atoms with Crippen LogP contribution in [-0.4, -0.2) is 16.1 Å². The number of hydrogen-bond acceptors (Lipinski definition) is 4. The molecule has 0 bridgehead atoms. The molecule has 3 N–H and O–H groups in total. The van der Waals surface area contributed by atoms with Crippen LogP contribution in [0.2, 0.25) is 0 Å². The summed E-state index contributed by atoms with van der Waals surface area (Å²) in [6, 6.07) is 3.36. The first-order chi connectivity index (χ1) is 13.6. The molecule has 7 heteroatoms. The van der Waals surface area contributed by atoms with Gasteiger partial charge in [0.2, 0.25) is 0 Å². The second-order valence-corrected chi connectivity index (χ2v) is 7.92. The lowest BCUT2D eigenvalue weighted by Gasteiger charge is -2.19. The molecule has 2 atom stereocenters. The minimum Gasteiger partial charge on any atom is -0.506 e. The van der Waals surface area contributed by atoms with Gasteiger partial charge >= 0.3 is 0 Å². The lowest BCUT2D eigenvalue weighted by molar-refractivity contribution is 0.214. The van der Waals surface area contributed by atoms with Gasteiger partial charge in [-0.05, 0) is 45.4 Å². The molecule has 1 aromatic carbocycles. The Balaban J connectivity index is 1.88. The Morgan fingerprint density at radius 1 is 1.28 bits per heavy atom. The standard InChI is InChI=1S/C22H26F3N3O/c1-5-13-6-14(10-26-13)28-12(2)15-7-19(24)16(8-18(15)23)20-9-17(22(3,4)25)21(29)11-27-20/h7-13,26,28-29H,5-6H2,1-4H3/t12?,13-/m0/s1. The molecule has 0 saturated heterocycles. The zero-order valence-electron chi connectivity index (χ0n) is 17.0. The second-order valence-electron chi connectivity index (χ2n) is 7.92. The number of rotatable bonds is 6. The number of aromatic hydroxyl groups is 1. The number of nitrogens with zero attached hydrogens (tertiary/aromatic N) is 1. The van der Waals surface area contributed by atoms with Gasteiger partial charge in [0.05, 0.1) is 17.9 Å². The number of alkyl halides is 1. The van der Waals surface area contributed by atoms with Crippen molar-refractivity contribution in [3.63, 3.8) is 0 Å². The summed E-state index contributed by atoms with van der Waals surface area (Å²) in [5.41, 5.74) is -0.778. The van der Waals surface area contributed by atoms with E-state index in [0.29, 0.717) is 6.04 Å². The van der Waals surface area contributed by atoms with Gasteiger partial charge in [0.25, 0.3) is 0 Å². The number of hydrogen-bond donors (Lipinski definition) is 3. The van der Waals surface area contributed by atoms with Crippen LogP contribution in [0.3, 0.4) is 0 Å². The quantitative estimate of drug-likeness (QED) is 0.618. The normalized spacial score (nSPS) is 17.6. The predicted octanol–water partition coefficient (Wildman–Crippen LogP) is 5.20. The first-order valence-electron chi connectivity index (χ1n) is 9.69. The van der Waals surface area contributed by atoms with Crippen molar-refractivity contribution in [3.8, 4) is 17.0 Å². The molecule has 0 saturated carbocycles. The predicted molar refractivity (Wildman–Crippen MR) is 107 cm³/mol. The molecule has 0 aliphatic carbocycles. The zero-order valence-corrected chi connectivity index (χ0v) is 17.0. The van der Waals surface area contributed by atoms with E-state index in [1.807, 2.05) is 6.20 Å². The zero-order chi connectivity index (χ0) is 21.3. The average Bonchev–Trinajstić information content (AvgIpc) is 3.10. The van der Waals surface area contributed by atoms with Gasteiger partial charge in [-0.1, -0.05) is 6.92 Å². The van der Waals surface area contributed by atoms with Crippen LogP contribution in [0.4, 0.5) is 13.2 Å². The van der Waals surface area contributed by atoms with Crippen LogP contribution >= 0.6 is 0 Å².